The second-order valence-electron chi connectivity index (χ2n) is 6.31. The van der Waals surface area contributed by atoms with Crippen molar-refractivity contribution in [3.8, 4) is 0 Å². The number of nitrogens with one attached hydrogen (secondary N) is 1. The molecule has 4 heteroatoms. The lowest BCUT2D eigenvalue weighted by atomic mass is 9.87. The standard InChI is InChI=1S/C13H27N3O/c1-13(2,3)10-11(14)9-12(17)15-16-7-5-4-6-8-16/h11H,4-10,14H2,1-3H3,(H,15,17). The lowest BCUT2D eigenvalue weighted by Gasteiger charge is -2.28. The van der Waals surface area contributed by atoms with E-state index >= 15 is 0 Å². The minimum atomic E-state index is -0.0419. The van der Waals surface area contributed by atoms with Crippen LogP contribution in [-0.4, -0.2) is 30.0 Å². The van der Waals surface area contributed by atoms with Crippen molar-refractivity contribution in [2.45, 2.75) is 58.9 Å². The van der Waals surface area contributed by atoms with Crippen molar-refractivity contribution in [3.63, 3.8) is 0 Å². The van der Waals surface area contributed by atoms with E-state index in [1.165, 1.54) is 19.3 Å². The van der Waals surface area contributed by atoms with Crippen LogP contribution in [0.15, 0.2) is 0 Å². The first kappa shape index (κ1) is 14.5. The Balaban J connectivity index is 2.23. The van der Waals surface area contributed by atoms with Gasteiger partial charge in [-0.15, -0.1) is 0 Å². The zero-order valence-corrected chi connectivity index (χ0v) is 11.5. The number of hydrogen-bond donors (Lipinski definition) is 2. The van der Waals surface area contributed by atoms with Gasteiger partial charge in [0.1, 0.15) is 0 Å². The highest BCUT2D eigenvalue weighted by molar-refractivity contribution is 5.76. The van der Waals surface area contributed by atoms with Crippen molar-refractivity contribution < 1.29 is 4.79 Å². The normalized spacial score (nSPS) is 20.0. The molecule has 0 aromatic carbocycles. The van der Waals surface area contributed by atoms with Crippen LogP contribution in [0.2, 0.25) is 0 Å². The van der Waals surface area contributed by atoms with E-state index in [1.54, 1.807) is 0 Å². The summed E-state index contributed by atoms with van der Waals surface area (Å²) in [7, 11) is 0. The predicted molar refractivity (Wildman–Crippen MR) is 70.2 cm³/mol. The summed E-state index contributed by atoms with van der Waals surface area (Å²) < 4.78 is 0. The Hall–Kier alpha value is -0.610. The summed E-state index contributed by atoms with van der Waals surface area (Å²) in [6, 6.07) is -0.0419. The third-order valence-electron chi connectivity index (χ3n) is 2.96. The van der Waals surface area contributed by atoms with E-state index < -0.39 is 0 Å². The van der Waals surface area contributed by atoms with E-state index in [0.29, 0.717) is 6.42 Å². The summed E-state index contributed by atoms with van der Waals surface area (Å²) >= 11 is 0. The molecule has 4 nitrogen and oxygen atoms in total. The largest absolute Gasteiger partial charge is 0.327 e. The summed E-state index contributed by atoms with van der Waals surface area (Å²) in [4.78, 5) is 11.8. The number of nitrogens with zero attached hydrogens (tertiary/aromatic N) is 1. The summed E-state index contributed by atoms with van der Waals surface area (Å²) in [6.45, 7) is 8.39. The molecule has 17 heavy (non-hydrogen) atoms. The van der Waals surface area contributed by atoms with Crippen LogP contribution in [0, 0.1) is 5.41 Å². The van der Waals surface area contributed by atoms with Gasteiger partial charge < -0.3 is 5.73 Å². The number of nitrogens with two attached hydrogens (primary N) is 1. The van der Waals surface area contributed by atoms with Gasteiger partial charge in [0.25, 0.3) is 0 Å². The second-order valence-corrected chi connectivity index (χ2v) is 6.31. The molecule has 1 atom stereocenters. The lowest BCUT2D eigenvalue weighted by Crippen LogP contribution is -2.46. The van der Waals surface area contributed by atoms with Gasteiger partial charge in [-0.25, -0.2) is 5.01 Å². The Morgan fingerprint density at radius 2 is 1.88 bits per heavy atom. The fourth-order valence-corrected chi connectivity index (χ4v) is 2.32. The molecule has 1 heterocycles. The number of carbonyl (C=O) groups excluding carboxylic acids is 1. The molecule has 0 aliphatic carbocycles. The highest BCUT2D eigenvalue weighted by Gasteiger charge is 2.19. The monoisotopic (exact) mass is 241 g/mol. The zero-order chi connectivity index (χ0) is 12.9. The van der Waals surface area contributed by atoms with Crippen molar-refractivity contribution in [2.24, 2.45) is 11.1 Å². The van der Waals surface area contributed by atoms with E-state index in [0.717, 1.165) is 19.5 Å². The Morgan fingerprint density at radius 1 is 1.29 bits per heavy atom. The zero-order valence-electron chi connectivity index (χ0n) is 11.5. The van der Waals surface area contributed by atoms with Crippen molar-refractivity contribution in [2.75, 3.05) is 13.1 Å². The molecule has 1 amide bonds. The molecule has 0 bridgehead atoms. The summed E-state index contributed by atoms with van der Waals surface area (Å²) in [5, 5.41) is 2.02. The van der Waals surface area contributed by atoms with Gasteiger partial charge in [0.15, 0.2) is 0 Å². The average Bonchev–Trinajstić information content (AvgIpc) is 2.15. The molecule has 0 aromatic rings. The Bertz CT molecular complexity index is 242. The lowest BCUT2D eigenvalue weighted by molar-refractivity contribution is -0.126. The summed E-state index contributed by atoms with van der Waals surface area (Å²) in [6.07, 6.45) is 4.92. The molecule has 1 aliphatic rings. The quantitative estimate of drug-likeness (QED) is 0.787. The third kappa shape index (κ3) is 6.64. The van der Waals surface area contributed by atoms with E-state index in [4.69, 9.17) is 5.73 Å². The van der Waals surface area contributed by atoms with Gasteiger partial charge >= 0.3 is 0 Å². The van der Waals surface area contributed by atoms with Crippen molar-refractivity contribution in [1.82, 2.24) is 10.4 Å². The van der Waals surface area contributed by atoms with Crippen LogP contribution in [0.1, 0.15) is 52.9 Å². The molecule has 0 radical (unpaired) electrons. The van der Waals surface area contributed by atoms with Crippen molar-refractivity contribution >= 4 is 5.91 Å². The van der Waals surface area contributed by atoms with Gasteiger partial charge in [-0.05, 0) is 24.7 Å². The second kappa shape index (κ2) is 6.36. The molecule has 3 N–H and O–H groups in total. The van der Waals surface area contributed by atoms with Gasteiger partial charge in [-0.3, -0.25) is 10.2 Å². The van der Waals surface area contributed by atoms with Crippen LogP contribution >= 0.6 is 0 Å². The van der Waals surface area contributed by atoms with Crippen LogP contribution in [0.4, 0.5) is 0 Å². The minimum absolute atomic E-state index is 0.0419. The van der Waals surface area contributed by atoms with Gasteiger partial charge in [0.2, 0.25) is 5.91 Å². The van der Waals surface area contributed by atoms with E-state index in [9.17, 15) is 4.79 Å². The third-order valence-corrected chi connectivity index (χ3v) is 2.96. The summed E-state index contributed by atoms with van der Waals surface area (Å²) in [5.74, 6) is 0.0589. The Morgan fingerprint density at radius 3 is 2.41 bits per heavy atom. The number of carbonyl (C=O) groups is 1. The van der Waals surface area contributed by atoms with Gasteiger partial charge in [-0.1, -0.05) is 27.2 Å². The first-order valence-corrected chi connectivity index (χ1v) is 6.67. The maximum atomic E-state index is 11.8. The maximum absolute atomic E-state index is 11.8. The number of piperidine rings is 1. The Labute approximate surface area is 105 Å². The van der Waals surface area contributed by atoms with Crippen molar-refractivity contribution in [1.29, 1.82) is 0 Å². The highest BCUT2D eigenvalue weighted by Crippen LogP contribution is 2.21. The van der Waals surface area contributed by atoms with Crippen LogP contribution in [0.25, 0.3) is 0 Å². The molecule has 1 saturated heterocycles. The predicted octanol–water partition coefficient (Wildman–Crippen LogP) is 1.66. The smallest absolute Gasteiger partial charge is 0.235 e. The fraction of sp³-hybridized carbons (Fsp3) is 0.923. The number of rotatable bonds is 4. The SMILES string of the molecule is CC(C)(C)CC(N)CC(=O)NN1CCCCC1. The van der Waals surface area contributed by atoms with E-state index in [2.05, 4.69) is 26.2 Å². The fourth-order valence-electron chi connectivity index (χ4n) is 2.32. The van der Waals surface area contributed by atoms with Crippen LogP contribution in [-0.2, 0) is 4.79 Å². The van der Waals surface area contributed by atoms with E-state index in [1.807, 2.05) is 5.01 Å². The van der Waals surface area contributed by atoms with Crippen LogP contribution in [0.5, 0.6) is 0 Å². The molecular weight excluding hydrogens is 214 g/mol. The molecule has 0 saturated carbocycles. The van der Waals surface area contributed by atoms with Gasteiger partial charge in [0, 0.05) is 25.6 Å². The van der Waals surface area contributed by atoms with Crippen molar-refractivity contribution in [3.05, 3.63) is 0 Å². The number of amides is 1. The number of hydrazine groups is 1. The topological polar surface area (TPSA) is 58.4 Å². The molecule has 1 aliphatic heterocycles. The van der Waals surface area contributed by atoms with Crippen LogP contribution < -0.4 is 11.2 Å². The average molecular weight is 241 g/mol. The molecular formula is C13H27N3O. The van der Waals surface area contributed by atoms with Crippen LogP contribution in [0.3, 0.4) is 0 Å². The maximum Gasteiger partial charge on any atom is 0.235 e. The molecule has 1 rings (SSSR count). The summed E-state index contributed by atoms with van der Waals surface area (Å²) in [5.41, 5.74) is 9.12. The first-order chi connectivity index (χ1) is 7.87. The van der Waals surface area contributed by atoms with Gasteiger partial charge in [0.05, 0.1) is 0 Å². The van der Waals surface area contributed by atoms with E-state index in [-0.39, 0.29) is 17.4 Å². The Kier molecular flexibility index (Phi) is 5.40. The number of hydrogen-bond acceptors (Lipinski definition) is 3. The molecule has 1 unspecified atom stereocenters. The first-order valence-electron chi connectivity index (χ1n) is 6.67. The van der Waals surface area contributed by atoms with Gasteiger partial charge in [-0.2, -0.15) is 0 Å². The molecule has 0 aromatic heterocycles. The molecule has 0 spiro atoms. The highest BCUT2D eigenvalue weighted by atomic mass is 16.2. The molecule has 100 valence electrons. The minimum Gasteiger partial charge on any atom is -0.327 e. The molecule has 1 fully saturated rings.